The van der Waals surface area contributed by atoms with Gasteiger partial charge in [0.05, 0.1) is 7.11 Å². The van der Waals surface area contributed by atoms with Crippen LogP contribution >= 0.6 is 0 Å². The minimum Gasteiger partial charge on any atom is -0.467 e. The van der Waals surface area contributed by atoms with Gasteiger partial charge in [0.2, 0.25) is 5.82 Å². The molecule has 0 saturated carbocycles. The summed E-state index contributed by atoms with van der Waals surface area (Å²) in [4.78, 5) is 16.6. The third-order valence-electron chi connectivity index (χ3n) is 2.21. The number of ether oxygens (including phenoxy) is 1. The summed E-state index contributed by atoms with van der Waals surface area (Å²) in [5.74, 6) is -0.0451. The summed E-state index contributed by atoms with van der Waals surface area (Å²) in [6, 6.07) is 4.78. The van der Waals surface area contributed by atoms with Crippen LogP contribution in [0.3, 0.4) is 0 Å². The van der Waals surface area contributed by atoms with E-state index < -0.39 is 12.0 Å². The van der Waals surface area contributed by atoms with Crippen molar-refractivity contribution in [2.45, 2.75) is 13.0 Å². The molecule has 0 aliphatic carbocycles. The highest BCUT2D eigenvalue weighted by Crippen LogP contribution is 2.10. The number of hydrogen-bond acceptors (Lipinski definition) is 6. The first-order valence-electron chi connectivity index (χ1n) is 5.01. The van der Waals surface area contributed by atoms with Gasteiger partial charge in [-0.3, -0.25) is 4.98 Å². The van der Waals surface area contributed by atoms with Gasteiger partial charge in [0.25, 0.3) is 0 Å². The summed E-state index contributed by atoms with van der Waals surface area (Å²) < 4.78 is 4.60. The van der Waals surface area contributed by atoms with Gasteiger partial charge in [-0.1, -0.05) is 6.07 Å². The Hall–Kier alpha value is -2.31. The van der Waals surface area contributed by atoms with E-state index in [1.54, 1.807) is 25.3 Å². The van der Waals surface area contributed by atoms with Gasteiger partial charge in [-0.15, -0.1) is 15.0 Å². The van der Waals surface area contributed by atoms with Crippen LogP contribution in [0.4, 0.5) is 0 Å². The lowest BCUT2D eigenvalue weighted by molar-refractivity contribution is -0.144. The molecule has 0 saturated heterocycles. The SMILES string of the molecule is COC(=O)C(C)n1nnc(-c2ccccn2)n1. The zero-order valence-electron chi connectivity index (χ0n) is 9.44. The van der Waals surface area contributed by atoms with Crippen molar-refractivity contribution >= 4 is 5.97 Å². The fourth-order valence-electron chi connectivity index (χ4n) is 1.25. The van der Waals surface area contributed by atoms with Crippen LogP contribution in [0.5, 0.6) is 0 Å². The summed E-state index contributed by atoms with van der Waals surface area (Å²) >= 11 is 0. The number of hydrogen-bond donors (Lipinski definition) is 0. The molecule has 7 heteroatoms. The number of rotatable bonds is 3. The predicted octanol–water partition coefficient (Wildman–Crippen LogP) is 0.469. The normalized spacial score (nSPS) is 12.1. The van der Waals surface area contributed by atoms with Crippen LogP contribution < -0.4 is 0 Å². The third-order valence-corrected chi connectivity index (χ3v) is 2.21. The second-order valence-electron chi connectivity index (χ2n) is 3.35. The van der Waals surface area contributed by atoms with Crippen LogP contribution in [-0.4, -0.2) is 38.3 Å². The molecule has 0 aliphatic heterocycles. The molecule has 7 nitrogen and oxygen atoms in total. The number of pyridine rings is 1. The smallest absolute Gasteiger partial charge is 0.332 e. The van der Waals surface area contributed by atoms with E-state index in [9.17, 15) is 4.79 Å². The highest BCUT2D eigenvalue weighted by atomic mass is 16.5. The van der Waals surface area contributed by atoms with Crippen LogP contribution in [0.15, 0.2) is 24.4 Å². The van der Waals surface area contributed by atoms with Crippen molar-refractivity contribution in [1.29, 1.82) is 0 Å². The maximum atomic E-state index is 11.3. The lowest BCUT2D eigenvalue weighted by Gasteiger charge is -2.05. The van der Waals surface area contributed by atoms with Crippen LogP contribution in [0.25, 0.3) is 11.5 Å². The average molecular weight is 233 g/mol. The van der Waals surface area contributed by atoms with Crippen molar-refractivity contribution in [2.75, 3.05) is 7.11 Å². The first-order valence-corrected chi connectivity index (χ1v) is 5.01. The summed E-state index contributed by atoms with van der Waals surface area (Å²) in [6.45, 7) is 1.63. The molecule has 0 bridgehead atoms. The molecular weight excluding hydrogens is 222 g/mol. The highest BCUT2D eigenvalue weighted by Gasteiger charge is 2.19. The van der Waals surface area contributed by atoms with Gasteiger partial charge in [0.1, 0.15) is 5.69 Å². The van der Waals surface area contributed by atoms with Crippen molar-refractivity contribution in [3.63, 3.8) is 0 Å². The molecule has 0 amide bonds. The Morgan fingerprint density at radius 2 is 2.29 bits per heavy atom. The van der Waals surface area contributed by atoms with Gasteiger partial charge in [-0.2, -0.15) is 0 Å². The minimum absolute atomic E-state index is 0.376. The molecule has 0 aromatic carbocycles. The van der Waals surface area contributed by atoms with E-state index in [1.165, 1.54) is 11.9 Å². The topological polar surface area (TPSA) is 82.8 Å². The molecule has 88 valence electrons. The van der Waals surface area contributed by atoms with E-state index in [2.05, 4.69) is 25.1 Å². The summed E-state index contributed by atoms with van der Waals surface area (Å²) in [5, 5.41) is 11.7. The molecule has 1 atom stereocenters. The fourth-order valence-corrected chi connectivity index (χ4v) is 1.25. The van der Waals surface area contributed by atoms with E-state index in [1.807, 2.05) is 6.07 Å². The van der Waals surface area contributed by atoms with E-state index in [-0.39, 0.29) is 0 Å². The van der Waals surface area contributed by atoms with Crippen molar-refractivity contribution < 1.29 is 9.53 Å². The molecule has 0 fully saturated rings. The van der Waals surface area contributed by atoms with Crippen LogP contribution in [0.1, 0.15) is 13.0 Å². The fraction of sp³-hybridized carbons (Fsp3) is 0.300. The molecule has 0 N–H and O–H groups in total. The zero-order valence-corrected chi connectivity index (χ0v) is 9.44. The number of aromatic nitrogens is 5. The molecule has 2 rings (SSSR count). The first kappa shape index (κ1) is 11.2. The Balaban J connectivity index is 2.25. The summed E-state index contributed by atoms with van der Waals surface area (Å²) in [5.41, 5.74) is 0.607. The zero-order chi connectivity index (χ0) is 12.3. The molecule has 2 aromatic heterocycles. The molecular formula is C10H11N5O2. The molecule has 0 radical (unpaired) electrons. The number of tetrazole rings is 1. The summed E-state index contributed by atoms with van der Waals surface area (Å²) in [7, 11) is 1.31. The highest BCUT2D eigenvalue weighted by molar-refractivity contribution is 5.73. The maximum Gasteiger partial charge on any atom is 0.332 e. The Bertz CT molecular complexity index is 510. The van der Waals surface area contributed by atoms with Gasteiger partial charge >= 0.3 is 5.97 Å². The van der Waals surface area contributed by atoms with Gasteiger partial charge in [0, 0.05) is 6.20 Å². The van der Waals surface area contributed by atoms with Gasteiger partial charge in [-0.05, 0) is 24.3 Å². The van der Waals surface area contributed by atoms with Crippen LogP contribution in [0, 0.1) is 0 Å². The molecule has 0 spiro atoms. The quantitative estimate of drug-likeness (QED) is 0.716. The molecule has 17 heavy (non-hydrogen) atoms. The number of methoxy groups -OCH3 is 1. The summed E-state index contributed by atoms with van der Waals surface area (Å²) in [6.07, 6.45) is 1.64. The molecule has 1 unspecified atom stereocenters. The largest absolute Gasteiger partial charge is 0.467 e. The second-order valence-corrected chi connectivity index (χ2v) is 3.35. The Kier molecular flexibility index (Phi) is 3.08. The van der Waals surface area contributed by atoms with Gasteiger partial charge < -0.3 is 4.74 Å². The monoisotopic (exact) mass is 233 g/mol. The van der Waals surface area contributed by atoms with Crippen molar-refractivity contribution in [2.24, 2.45) is 0 Å². The minimum atomic E-state index is -0.607. The van der Waals surface area contributed by atoms with E-state index in [0.717, 1.165) is 0 Å². The average Bonchev–Trinajstić information content (AvgIpc) is 2.87. The van der Waals surface area contributed by atoms with Crippen molar-refractivity contribution in [3.05, 3.63) is 24.4 Å². The van der Waals surface area contributed by atoms with Gasteiger partial charge in [-0.25, -0.2) is 4.79 Å². The molecule has 2 heterocycles. The predicted molar refractivity (Wildman–Crippen MR) is 57.8 cm³/mol. The number of nitrogens with zero attached hydrogens (tertiary/aromatic N) is 5. The van der Waals surface area contributed by atoms with E-state index in [4.69, 9.17) is 0 Å². The molecule has 0 aliphatic rings. The number of carbonyl (C=O) groups excluding carboxylic acids is 1. The second kappa shape index (κ2) is 4.69. The van der Waals surface area contributed by atoms with Crippen molar-refractivity contribution in [3.8, 4) is 11.5 Å². The van der Waals surface area contributed by atoms with Crippen LogP contribution in [0.2, 0.25) is 0 Å². The Morgan fingerprint density at radius 1 is 1.47 bits per heavy atom. The lowest BCUT2D eigenvalue weighted by Crippen LogP contribution is -2.20. The van der Waals surface area contributed by atoms with E-state index in [0.29, 0.717) is 11.5 Å². The van der Waals surface area contributed by atoms with Gasteiger partial charge in [0.15, 0.2) is 6.04 Å². The van der Waals surface area contributed by atoms with E-state index >= 15 is 0 Å². The molecule has 2 aromatic rings. The van der Waals surface area contributed by atoms with Crippen LogP contribution in [-0.2, 0) is 9.53 Å². The van der Waals surface area contributed by atoms with Crippen molar-refractivity contribution in [1.82, 2.24) is 25.2 Å². The maximum absolute atomic E-state index is 11.3. The number of esters is 1. The standard InChI is InChI=1S/C10H11N5O2/c1-7(10(16)17-2)15-13-9(12-14-15)8-5-3-4-6-11-8/h3-7H,1-2H3. The Morgan fingerprint density at radius 3 is 2.94 bits per heavy atom. The third kappa shape index (κ3) is 2.27. The lowest BCUT2D eigenvalue weighted by atomic mass is 10.3. The number of carbonyl (C=O) groups is 1. The first-order chi connectivity index (χ1) is 8.22. The Labute approximate surface area is 97.4 Å².